The van der Waals surface area contributed by atoms with Crippen LogP contribution in [0.25, 0.3) is 0 Å². The Kier molecular flexibility index (Phi) is 4.50. The van der Waals surface area contributed by atoms with E-state index in [0.29, 0.717) is 6.54 Å². The number of piperidine rings is 1. The zero-order valence-electron chi connectivity index (χ0n) is 10.2. The molecule has 0 saturated carbocycles. The second-order valence-electron chi connectivity index (χ2n) is 4.19. The summed E-state index contributed by atoms with van der Waals surface area (Å²) in [6, 6.07) is 0. The molecule has 1 aliphatic rings. The van der Waals surface area contributed by atoms with Crippen LogP contribution in [0, 0.1) is 5.92 Å². The van der Waals surface area contributed by atoms with Crippen molar-refractivity contribution in [2.75, 3.05) is 26.7 Å². The summed E-state index contributed by atoms with van der Waals surface area (Å²) in [6.07, 6.45) is 0.0335. The van der Waals surface area contributed by atoms with Gasteiger partial charge >= 0.3 is 11.9 Å². The first-order valence-corrected chi connectivity index (χ1v) is 5.61. The molecule has 0 bridgehead atoms. The molecule has 0 spiro atoms. The highest BCUT2D eigenvalue weighted by atomic mass is 19.3. The summed E-state index contributed by atoms with van der Waals surface area (Å²) in [5.74, 6) is -9.83. The van der Waals surface area contributed by atoms with Crippen molar-refractivity contribution in [3.05, 3.63) is 0 Å². The molecule has 1 fully saturated rings. The first-order valence-electron chi connectivity index (χ1n) is 5.61. The smallest absolute Gasteiger partial charge is 0.400 e. The summed E-state index contributed by atoms with van der Waals surface area (Å²) in [7, 11) is 1.62. The number of nitrogens with zero attached hydrogens (tertiary/aromatic N) is 1. The Morgan fingerprint density at radius 3 is 2.67 bits per heavy atom. The maximum atomic E-state index is 13.5. The molecule has 0 aromatic heterocycles. The van der Waals surface area contributed by atoms with Crippen molar-refractivity contribution in [2.24, 2.45) is 5.92 Å². The average Bonchev–Trinajstić information content (AvgIpc) is 2.31. The van der Waals surface area contributed by atoms with E-state index in [1.165, 1.54) is 6.92 Å². The molecule has 102 valence electrons. The van der Waals surface area contributed by atoms with Gasteiger partial charge in [-0.3, -0.25) is 9.59 Å². The summed E-state index contributed by atoms with van der Waals surface area (Å²) in [6.45, 7) is 1.44. The summed E-state index contributed by atoms with van der Waals surface area (Å²) in [5.41, 5.74) is 0. The number of Topliss-reactive ketones (excluding diaryl/α,β-unsaturated/α-hetero) is 2. The van der Waals surface area contributed by atoms with Crippen LogP contribution in [0.3, 0.4) is 0 Å². The van der Waals surface area contributed by atoms with Crippen molar-refractivity contribution in [3.8, 4) is 0 Å². The number of ketones is 2. The second-order valence-corrected chi connectivity index (χ2v) is 4.19. The molecular weight excluding hydrogens is 248 g/mol. The van der Waals surface area contributed by atoms with Crippen molar-refractivity contribution in [1.82, 2.24) is 4.90 Å². The minimum Gasteiger partial charge on any atom is -0.461 e. The largest absolute Gasteiger partial charge is 0.461 e. The lowest BCUT2D eigenvalue weighted by atomic mass is 9.89. The van der Waals surface area contributed by atoms with Crippen LogP contribution >= 0.6 is 0 Å². The number of hydrogen-bond acceptors (Lipinski definition) is 5. The summed E-state index contributed by atoms with van der Waals surface area (Å²) in [5, 5.41) is 0. The first-order chi connectivity index (χ1) is 8.30. The number of ether oxygens (including phenoxy) is 1. The van der Waals surface area contributed by atoms with Crippen LogP contribution in [0.15, 0.2) is 0 Å². The SMILES string of the molecule is CCOC(=O)C(F)(F)C(=O)C1CN(C)CCC1=O. The molecule has 0 amide bonds. The number of carbonyl (C=O) groups is 3. The quantitative estimate of drug-likeness (QED) is 0.538. The van der Waals surface area contributed by atoms with Gasteiger partial charge in [-0.05, 0) is 14.0 Å². The van der Waals surface area contributed by atoms with E-state index in [4.69, 9.17) is 0 Å². The molecule has 0 aromatic rings. The zero-order chi connectivity index (χ0) is 13.9. The Balaban J connectivity index is 2.84. The standard InChI is InChI=1S/C11H15F2NO4/c1-3-18-10(17)11(12,13)9(16)7-6-14(2)5-4-8(7)15/h7H,3-6H2,1-2H3. The van der Waals surface area contributed by atoms with Crippen molar-refractivity contribution in [3.63, 3.8) is 0 Å². The first kappa shape index (κ1) is 14.7. The van der Waals surface area contributed by atoms with E-state index in [1.54, 1.807) is 11.9 Å². The highest BCUT2D eigenvalue weighted by molar-refractivity contribution is 6.14. The van der Waals surface area contributed by atoms with Gasteiger partial charge < -0.3 is 9.64 Å². The molecule has 1 heterocycles. The van der Waals surface area contributed by atoms with Crippen molar-refractivity contribution in [2.45, 2.75) is 19.3 Å². The third-order valence-corrected chi connectivity index (χ3v) is 2.78. The van der Waals surface area contributed by atoms with Gasteiger partial charge in [-0.1, -0.05) is 0 Å². The lowest BCUT2D eigenvalue weighted by Gasteiger charge is -2.29. The maximum absolute atomic E-state index is 13.5. The van der Waals surface area contributed by atoms with Crippen LogP contribution in [0.4, 0.5) is 8.78 Å². The Morgan fingerprint density at radius 1 is 1.50 bits per heavy atom. The normalized spacial score (nSPS) is 21.8. The monoisotopic (exact) mass is 263 g/mol. The van der Waals surface area contributed by atoms with E-state index in [9.17, 15) is 23.2 Å². The highest BCUT2D eigenvalue weighted by Gasteiger charge is 2.53. The molecule has 1 unspecified atom stereocenters. The number of esters is 1. The van der Waals surface area contributed by atoms with E-state index >= 15 is 0 Å². The zero-order valence-corrected chi connectivity index (χ0v) is 10.2. The minimum absolute atomic E-state index is 0.0335. The lowest BCUT2D eigenvalue weighted by Crippen LogP contribution is -2.51. The van der Waals surface area contributed by atoms with E-state index < -0.39 is 29.4 Å². The van der Waals surface area contributed by atoms with Gasteiger partial charge in [-0.2, -0.15) is 8.78 Å². The highest BCUT2D eigenvalue weighted by Crippen LogP contribution is 2.25. The fourth-order valence-corrected chi connectivity index (χ4v) is 1.75. The minimum atomic E-state index is -4.26. The van der Waals surface area contributed by atoms with E-state index in [1.807, 2.05) is 0 Å². The lowest BCUT2D eigenvalue weighted by molar-refractivity contribution is -0.179. The Morgan fingerprint density at radius 2 is 2.11 bits per heavy atom. The topological polar surface area (TPSA) is 63.7 Å². The molecule has 5 nitrogen and oxygen atoms in total. The summed E-state index contributed by atoms with van der Waals surface area (Å²) in [4.78, 5) is 35.7. The van der Waals surface area contributed by atoms with Gasteiger partial charge in [-0.15, -0.1) is 0 Å². The number of halogens is 2. The fourth-order valence-electron chi connectivity index (χ4n) is 1.75. The van der Waals surface area contributed by atoms with Crippen LogP contribution in [0.1, 0.15) is 13.3 Å². The van der Waals surface area contributed by atoms with Crippen molar-refractivity contribution >= 4 is 17.5 Å². The molecule has 0 radical (unpaired) electrons. The molecule has 1 aliphatic heterocycles. The van der Waals surface area contributed by atoms with E-state index in [0.717, 1.165) is 0 Å². The fraction of sp³-hybridized carbons (Fsp3) is 0.727. The Hall–Kier alpha value is -1.37. The van der Waals surface area contributed by atoms with Gasteiger partial charge in [0.15, 0.2) is 0 Å². The van der Waals surface area contributed by atoms with E-state index in [-0.39, 0.29) is 19.6 Å². The molecule has 0 aliphatic carbocycles. The van der Waals surface area contributed by atoms with Crippen LogP contribution in [0.5, 0.6) is 0 Å². The van der Waals surface area contributed by atoms with Gasteiger partial charge in [0.1, 0.15) is 5.78 Å². The number of likely N-dealkylation sites (tertiary alicyclic amines) is 1. The van der Waals surface area contributed by atoms with Gasteiger partial charge in [0.25, 0.3) is 0 Å². The van der Waals surface area contributed by atoms with Gasteiger partial charge in [-0.25, -0.2) is 4.79 Å². The van der Waals surface area contributed by atoms with Crippen LogP contribution in [-0.4, -0.2) is 55.1 Å². The predicted octanol–water partition coefficient (Wildman–Crippen LogP) is 0.275. The molecule has 1 rings (SSSR count). The third-order valence-electron chi connectivity index (χ3n) is 2.78. The second kappa shape index (κ2) is 5.51. The van der Waals surface area contributed by atoms with Crippen LogP contribution in [-0.2, 0) is 19.1 Å². The molecule has 1 atom stereocenters. The maximum Gasteiger partial charge on any atom is 0.400 e. The molecule has 1 saturated heterocycles. The van der Waals surface area contributed by atoms with Crippen molar-refractivity contribution < 1.29 is 27.9 Å². The van der Waals surface area contributed by atoms with Crippen molar-refractivity contribution in [1.29, 1.82) is 0 Å². The number of alkyl halides is 2. The predicted molar refractivity (Wildman–Crippen MR) is 57.2 cm³/mol. The van der Waals surface area contributed by atoms with E-state index in [2.05, 4.69) is 4.74 Å². The molecule has 0 N–H and O–H groups in total. The number of carbonyl (C=O) groups excluding carboxylic acids is 3. The van der Waals surface area contributed by atoms with Crippen LogP contribution < -0.4 is 0 Å². The number of rotatable bonds is 4. The molecular formula is C11H15F2NO4. The molecule has 0 aromatic carbocycles. The Bertz CT molecular complexity index is 370. The molecule has 18 heavy (non-hydrogen) atoms. The summed E-state index contributed by atoms with van der Waals surface area (Å²) < 4.78 is 31.1. The van der Waals surface area contributed by atoms with Gasteiger partial charge in [0, 0.05) is 19.5 Å². The van der Waals surface area contributed by atoms with Crippen LogP contribution in [0.2, 0.25) is 0 Å². The number of hydrogen-bond donors (Lipinski definition) is 0. The van der Waals surface area contributed by atoms with Gasteiger partial charge in [0.05, 0.1) is 12.5 Å². The molecule has 7 heteroatoms. The van der Waals surface area contributed by atoms with Gasteiger partial charge in [0.2, 0.25) is 5.78 Å². The third kappa shape index (κ3) is 2.90. The average molecular weight is 263 g/mol. The Labute approximate surface area is 103 Å². The summed E-state index contributed by atoms with van der Waals surface area (Å²) >= 11 is 0.